The Morgan fingerprint density at radius 2 is 1.70 bits per heavy atom. The van der Waals surface area contributed by atoms with E-state index < -0.39 is 0 Å². The highest BCUT2D eigenvalue weighted by molar-refractivity contribution is 6.73. The number of allylic oxidation sites excluding steroid dienone is 1. The van der Waals surface area contributed by atoms with E-state index >= 15 is 0 Å². The fourth-order valence-corrected chi connectivity index (χ4v) is 4.36. The highest BCUT2D eigenvalue weighted by Crippen LogP contribution is 2.32. The summed E-state index contributed by atoms with van der Waals surface area (Å²) in [4.78, 5) is 4.66. The van der Waals surface area contributed by atoms with Crippen molar-refractivity contribution < 1.29 is 4.42 Å². The van der Waals surface area contributed by atoms with E-state index in [0.29, 0.717) is 0 Å². The number of hydrogen-bond acceptors (Lipinski definition) is 4. The average Bonchev–Trinajstić information content (AvgIpc) is 3.23. The van der Waals surface area contributed by atoms with Crippen molar-refractivity contribution in [3.05, 3.63) is 78.5 Å². The second-order valence-electron chi connectivity index (χ2n) is 7.24. The van der Waals surface area contributed by atoms with Gasteiger partial charge in [0.15, 0.2) is 0 Å². The first-order valence-electron chi connectivity index (χ1n) is 9.44. The van der Waals surface area contributed by atoms with E-state index in [1.54, 1.807) is 0 Å². The largest absolute Gasteiger partial charge is 0.457 e. The molecule has 0 saturated carbocycles. The van der Waals surface area contributed by atoms with E-state index in [1.165, 1.54) is 22.2 Å². The van der Waals surface area contributed by atoms with Crippen LogP contribution in [0.5, 0.6) is 0 Å². The van der Waals surface area contributed by atoms with Crippen LogP contribution in [0.4, 0.5) is 5.69 Å². The Labute approximate surface area is 160 Å². The van der Waals surface area contributed by atoms with Gasteiger partial charge in [-0.1, -0.05) is 43.2 Å². The Bertz CT molecular complexity index is 1060. The molecule has 3 heterocycles. The highest BCUT2D eigenvalue weighted by Gasteiger charge is 2.38. The molecule has 27 heavy (non-hydrogen) atoms. The van der Waals surface area contributed by atoms with Gasteiger partial charge in [-0.05, 0) is 43.6 Å². The normalized spacial score (nSPS) is 19.1. The molecule has 2 aliphatic heterocycles. The van der Waals surface area contributed by atoms with Gasteiger partial charge in [-0.2, -0.15) is 0 Å². The van der Waals surface area contributed by atoms with Crippen LogP contribution in [-0.2, 0) is 0 Å². The lowest BCUT2D eigenvalue weighted by Gasteiger charge is -2.44. The van der Waals surface area contributed by atoms with Crippen molar-refractivity contribution in [2.24, 2.45) is 0 Å². The molecule has 3 aromatic rings. The Balaban J connectivity index is 1.52. The Kier molecular flexibility index (Phi) is 3.57. The summed E-state index contributed by atoms with van der Waals surface area (Å²) in [6.07, 6.45) is 6.67. The predicted octanol–water partition coefficient (Wildman–Crippen LogP) is 4.49. The summed E-state index contributed by atoms with van der Waals surface area (Å²) in [5.41, 5.74) is 4.59. The number of furan rings is 1. The van der Waals surface area contributed by atoms with Gasteiger partial charge in [0.1, 0.15) is 17.5 Å². The number of fused-ring (bicyclic) bond motifs is 3. The topological polar surface area (TPSA) is 22.9 Å². The van der Waals surface area contributed by atoms with Gasteiger partial charge in [-0.25, -0.2) is 0 Å². The Morgan fingerprint density at radius 3 is 2.52 bits per heavy atom. The zero-order valence-corrected chi connectivity index (χ0v) is 15.8. The number of anilines is 1. The van der Waals surface area contributed by atoms with Crippen molar-refractivity contribution in [3.63, 3.8) is 0 Å². The quantitative estimate of drug-likeness (QED) is 0.632. The molecule has 1 atom stereocenters. The minimum atomic E-state index is 0.191. The van der Waals surface area contributed by atoms with Crippen molar-refractivity contribution in [3.8, 4) is 0 Å². The molecule has 1 aromatic heterocycles. The summed E-state index contributed by atoms with van der Waals surface area (Å²) in [6, 6.07) is 18.8. The zero-order chi connectivity index (χ0) is 18.5. The van der Waals surface area contributed by atoms with E-state index in [9.17, 15) is 0 Å². The molecule has 0 bridgehead atoms. The summed E-state index contributed by atoms with van der Waals surface area (Å²) >= 11 is 0. The number of hydrazine groups is 1. The number of benzene rings is 2. The summed E-state index contributed by atoms with van der Waals surface area (Å²) < 4.78 is 6.11. The first-order chi connectivity index (χ1) is 13.1. The molecule has 2 aromatic carbocycles. The van der Waals surface area contributed by atoms with Gasteiger partial charge >= 0.3 is 6.85 Å². The molecule has 5 heteroatoms. The third-order valence-electron chi connectivity index (χ3n) is 5.62. The highest BCUT2D eigenvalue weighted by atomic mass is 16.3. The summed E-state index contributed by atoms with van der Waals surface area (Å²) in [5, 5.41) is 3.51. The van der Waals surface area contributed by atoms with Gasteiger partial charge in [0.25, 0.3) is 0 Å². The molecule has 0 unspecified atom stereocenters. The number of rotatable bonds is 2. The lowest BCUT2D eigenvalue weighted by molar-refractivity contribution is 0.122. The maximum atomic E-state index is 6.11. The number of nitrogens with zero attached hydrogens (tertiary/aromatic N) is 3. The van der Waals surface area contributed by atoms with E-state index in [1.807, 2.05) is 12.1 Å². The molecule has 0 spiro atoms. The smallest absolute Gasteiger partial charge is 0.315 e. The molecule has 5 rings (SSSR count). The van der Waals surface area contributed by atoms with Gasteiger partial charge in [0, 0.05) is 29.2 Å². The first-order valence-corrected chi connectivity index (χ1v) is 9.44. The SMILES string of the molecule is CB1c2c(oc3ccccc23)C=C(C)N1N1C=CN(c2ccccc2)[C@@H]1C. The molecule has 134 valence electrons. The fourth-order valence-electron chi connectivity index (χ4n) is 4.36. The van der Waals surface area contributed by atoms with Crippen LogP contribution in [-0.4, -0.2) is 22.9 Å². The van der Waals surface area contributed by atoms with Crippen LogP contribution >= 0.6 is 0 Å². The Morgan fingerprint density at radius 1 is 0.963 bits per heavy atom. The summed E-state index contributed by atoms with van der Waals surface area (Å²) in [6.45, 7) is 6.83. The Hall–Kier alpha value is -3.08. The molecule has 0 amide bonds. The predicted molar refractivity (Wildman–Crippen MR) is 112 cm³/mol. The number of para-hydroxylation sites is 2. The van der Waals surface area contributed by atoms with E-state index in [0.717, 1.165) is 11.3 Å². The van der Waals surface area contributed by atoms with E-state index in [4.69, 9.17) is 4.42 Å². The first kappa shape index (κ1) is 16.1. The monoisotopic (exact) mass is 355 g/mol. The fraction of sp³-hybridized carbons (Fsp3) is 0.182. The molecule has 2 aliphatic rings. The van der Waals surface area contributed by atoms with Crippen LogP contribution in [0.1, 0.15) is 19.6 Å². The molecule has 4 nitrogen and oxygen atoms in total. The van der Waals surface area contributed by atoms with Crippen molar-refractivity contribution >= 4 is 35.0 Å². The molecule has 0 aliphatic carbocycles. The lowest BCUT2D eigenvalue weighted by Crippen LogP contribution is -2.57. The van der Waals surface area contributed by atoms with Crippen molar-refractivity contribution in [2.45, 2.75) is 26.8 Å². The third kappa shape index (κ3) is 2.38. The molecule has 0 N–H and O–H groups in total. The minimum Gasteiger partial charge on any atom is -0.457 e. The second kappa shape index (κ2) is 5.98. The molecular formula is C22H22BN3O. The van der Waals surface area contributed by atoms with Crippen LogP contribution in [0.15, 0.2) is 77.1 Å². The van der Waals surface area contributed by atoms with Crippen molar-refractivity contribution in [2.75, 3.05) is 4.90 Å². The number of hydrogen-bond donors (Lipinski definition) is 0. The molecule has 0 radical (unpaired) electrons. The maximum Gasteiger partial charge on any atom is 0.315 e. The van der Waals surface area contributed by atoms with Crippen molar-refractivity contribution in [1.29, 1.82) is 0 Å². The lowest BCUT2D eigenvalue weighted by atomic mass is 9.55. The van der Waals surface area contributed by atoms with Crippen LogP contribution in [0.2, 0.25) is 6.82 Å². The van der Waals surface area contributed by atoms with Gasteiger partial charge in [0.2, 0.25) is 0 Å². The minimum absolute atomic E-state index is 0.191. The summed E-state index contributed by atoms with van der Waals surface area (Å²) in [7, 11) is 0. The molecule has 0 saturated heterocycles. The second-order valence-corrected chi connectivity index (χ2v) is 7.24. The molecular weight excluding hydrogens is 333 g/mol. The van der Waals surface area contributed by atoms with Crippen LogP contribution in [0.3, 0.4) is 0 Å². The van der Waals surface area contributed by atoms with Crippen molar-refractivity contribution in [1.82, 2.24) is 9.93 Å². The van der Waals surface area contributed by atoms with Gasteiger partial charge in [-0.15, -0.1) is 0 Å². The standard InChI is InChI=1S/C22H22BN3O/c1-16-15-21-22(19-11-7-8-12-20(19)27-21)23(3)26(16)25-14-13-24(17(25)2)18-9-5-4-6-10-18/h4-15,17H,1-3H3/t17-/m0/s1. The summed E-state index contributed by atoms with van der Waals surface area (Å²) in [5.74, 6) is 0.980. The third-order valence-corrected chi connectivity index (χ3v) is 5.62. The molecule has 0 fully saturated rings. The van der Waals surface area contributed by atoms with Crippen LogP contribution in [0, 0.1) is 0 Å². The van der Waals surface area contributed by atoms with Gasteiger partial charge < -0.3 is 14.2 Å². The average molecular weight is 355 g/mol. The zero-order valence-electron chi connectivity index (χ0n) is 15.8. The van der Waals surface area contributed by atoms with Crippen LogP contribution < -0.4 is 10.4 Å². The van der Waals surface area contributed by atoms with Crippen LogP contribution in [0.25, 0.3) is 17.0 Å². The maximum absolute atomic E-state index is 6.11. The van der Waals surface area contributed by atoms with Gasteiger partial charge in [0.05, 0.1) is 0 Å². The van der Waals surface area contributed by atoms with E-state index in [-0.39, 0.29) is 13.0 Å². The van der Waals surface area contributed by atoms with Gasteiger partial charge in [-0.3, -0.25) is 5.01 Å². The van der Waals surface area contributed by atoms with E-state index in [2.05, 4.69) is 96.4 Å².